The Morgan fingerprint density at radius 3 is 2.74 bits per heavy atom. The van der Waals surface area contributed by atoms with Gasteiger partial charge in [-0.05, 0) is 12.1 Å². The molecule has 0 atom stereocenters. The van der Waals surface area contributed by atoms with Crippen LogP contribution in [0.2, 0.25) is 0 Å². The number of halogens is 2. The van der Waals surface area contributed by atoms with E-state index >= 15 is 0 Å². The number of rotatable bonds is 5. The topological polar surface area (TPSA) is 70.8 Å². The first-order chi connectivity index (χ1) is 8.97. The van der Waals surface area contributed by atoms with Gasteiger partial charge in [0.25, 0.3) is 11.7 Å². The lowest BCUT2D eigenvalue weighted by atomic mass is 10.0. The second kappa shape index (κ2) is 5.60. The molecule has 0 radical (unpaired) electrons. The smallest absolute Gasteiger partial charge is 0.310 e. The standard InChI is InChI=1S/C11H11F2NO4S/c12-11(13)19-5-7-1-2-8(18-7)9(15)14-3-6(4-14)10(16)17/h1-2,6,11H,3-5H2,(H,16,17). The Labute approximate surface area is 111 Å². The summed E-state index contributed by atoms with van der Waals surface area (Å²) in [4.78, 5) is 23.8. The molecular formula is C11H11F2NO4S. The molecule has 1 aliphatic rings. The highest BCUT2D eigenvalue weighted by molar-refractivity contribution is 7.98. The number of aliphatic carboxylic acids is 1. The molecule has 1 aromatic heterocycles. The fourth-order valence-electron chi connectivity index (χ4n) is 1.67. The maximum atomic E-state index is 12.0. The highest BCUT2D eigenvalue weighted by Crippen LogP contribution is 2.23. The highest BCUT2D eigenvalue weighted by Gasteiger charge is 2.36. The van der Waals surface area contributed by atoms with Crippen LogP contribution in [0.5, 0.6) is 0 Å². The Kier molecular flexibility index (Phi) is 4.08. The zero-order chi connectivity index (χ0) is 14.0. The maximum absolute atomic E-state index is 12.0. The number of carboxylic acids is 1. The molecule has 1 aliphatic heterocycles. The lowest BCUT2D eigenvalue weighted by molar-refractivity contribution is -0.146. The minimum Gasteiger partial charge on any atom is -0.481 e. The van der Waals surface area contributed by atoms with Crippen LogP contribution < -0.4 is 0 Å². The first-order valence-electron chi connectivity index (χ1n) is 5.48. The van der Waals surface area contributed by atoms with Crippen LogP contribution in [0.4, 0.5) is 8.78 Å². The van der Waals surface area contributed by atoms with Crippen molar-refractivity contribution in [1.82, 2.24) is 4.90 Å². The van der Waals surface area contributed by atoms with Crippen molar-refractivity contribution in [2.75, 3.05) is 13.1 Å². The van der Waals surface area contributed by atoms with Gasteiger partial charge >= 0.3 is 5.97 Å². The Balaban J connectivity index is 1.89. The SMILES string of the molecule is O=C(O)C1CN(C(=O)c2ccc(CSC(F)F)o2)C1. The number of carboxylic acid groups (broad SMARTS) is 1. The monoisotopic (exact) mass is 291 g/mol. The summed E-state index contributed by atoms with van der Waals surface area (Å²) < 4.78 is 29.1. The molecule has 0 saturated carbocycles. The van der Waals surface area contributed by atoms with Crippen LogP contribution in [0.3, 0.4) is 0 Å². The van der Waals surface area contributed by atoms with Gasteiger partial charge in [-0.15, -0.1) is 0 Å². The van der Waals surface area contributed by atoms with Gasteiger partial charge in [0, 0.05) is 13.1 Å². The average molecular weight is 291 g/mol. The largest absolute Gasteiger partial charge is 0.481 e. The summed E-state index contributed by atoms with van der Waals surface area (Å²) in [7, 11) is 0. The van der Waals surface area contributed by atoms with Crippen molar-refractivity contribution >= 4 is 23.6 Å². The van der Waals surface area contributed by atoms with Gasteiger partial charge in [0.05, 0.1) is 11.7 Å². The quantitative estimate of drug-likeness (QED) is 0.897. The van der Waals surface area contributed by atoms with Gasteiger partial charge in [-0.25, -0.2) is 0 Å². The van der Waals surface area contributed by atoms with Crippen LogP contribution in [0, 0.1) is 5.92 Å². The molecule has 2 rings (SSSR count). The minimum absolute atomic E-state index is 0.0112. The number of furan rings is 1. The van der Waals surface area contributed by atoms with Crippen LogP contribution in [-0.4, -0.2) is 40.7 Å². The zero-order valence-corrected chi connectivity index (χ0v) is 10.5. The van der Waals surface area contributed by atoms with Crippen LogP contribution >= 0.6 is 11.8 Å². The predicted molar refractivity (Wildman–Crippen MR) is 63.0 cm³/mol. The van der Waals surface area contributed by atoms with Gasteiger partial charge in [0.15, 0.2) is 5.76 Å². The summed E-state index contributed by atoms with van der Waals surface area (Å²) in [6.45, 7) is 0.298. The molecule has 0 bridgehead atoms. The third-order valence-electron chi connectivity index (χ3n) is 2.74. The normalized spacial score (nSPS) is 15.6. The molecule has 1 aromatic rings. The van der Waals surface area contributed by atoms with Crippen LogP contribution in [-0.2, 0) is 10.5 Å². The summed E-state index contributed by atoms with van der Waals surface area (Å²) >= 11 is 0.412. The van der Waals surface area contributed by atoms with E-state index in [9.17, 15) is 18.4 Å². The number of hydrogen-bond donors (Lipinski definition) is 1. The maximum Gasteiger partial charge on any atom is 0.310 e. The second-order valence-corrected chi connectivity index (χ2v) is 5.06. The van der Waals surface area contributed by atoms with E-state index < -0.39 is 23.6 Å². The Morgan fingerprint density at radius 1 is 1.47 bits per heavy atom. The van der Waals surface area contributed by atoms with Crippen molar-refractivity contribution in [3.8, 4) is 0 Å². The molecular weight excluding hydrogens is 280 g/mol. The lowest BCUT2D eigenvalue weighted by Gasteiger charge is -2.35. The molecule has 1 N–H and O–H groups in total. The van der Waals surface area contributed by atoms with Crippen LogP contribution in [0.25, 0.3) is 0 Å². The van der Waals surface area contributed by atoms with E-state index in [4.69, 9.17) is 9.52 Å². The van der Waals surface area contributed by atoms with Gasteiger partial charge in [-0.1, -0.05) is 11.8 Å². The van der Waals surface area contributed by atoms with Crippen LogP contribution in [0.1, 0.15) is 16.3 Å². The van der Waals surface area contributed by atoms with Crippen molar-refractivity contribution in [3.05, 3.63) is 23.7 Å². The van der Waals surface area contributed by atoms with E-state index in [1.807, 2.05) is 0 Å². The molecule has 0 aromatic carbocycles. The second-order valence-electron chi connectivity index (χ2n) is 4.08. The van der Waals surface area contributed by atoms with Gasteiger partial charge in [0.2, 0.25) is 0 Å². The summed E-state index contributed by atoms with van der Waals surface area (Å²) in [5, 5.41) is 8.69. The number of thioether (sulfide) groups is 1. The number of alkyl halides is 2. The Hall–Kier alpha value is -1.57. The first-order valence-corrected chi connectivity index (χ1v) is 6.53. The van der Waals surface area contributed by atoms with E-state index in [1.54, 1.807) is 0 Å². The van der Waals surface area contributed by atoms with E-state index in [2.05, 4.69) is 0 Å². The van der Waals surface area contributed by atoms with Crippen molar-refractivity contribution < 1.29 is 27.9 Å². The molecule has 1 amide bonds. The predicted octanol–water partition coefficient (Wildman–Crippen LogP) is 1.89. The van der Waals surface area contributed by atoms with Gasteiger partial charge in [-0.2, -0.15) is 8.78 Å². The van der Waals surface area contributed by atoms with E-state index in [-0.39, 0.29) is 24.6 Å². The summed E-state index contributed by atoms with van der Waals surface area (Å²) in [6, 6.07) is 2.88. The molecule has 2 heterocycles. The molecule has 5 nitrogen and oxygen atoms in total. The third-order valence-corrected chi connectivity index (χ3v) is 3.45. The Morgan fingerprint density at radius 2 is 2.16 bits per heavy atom. The van der Waals surface area contributed by atoms with Gasteiger partial charge < -0.3 is 14.4 Å². The summed E-state index contributed by atoms with van der Waals surface area (Å²) in [5.41, 5.74) is 0. The third kappa shape index (κ3) is 3.25. The molecule has 8 heteroatoms. The van der Waals surface area contributed by atoms with Gasteiger partial charge in [-0.3, -0.25) is 9.59 Å². The van der Waals surface area contributed by atoms with Gasteiger partial charge in [0.1, 0.15) is 5.76 Å². The number of carbonyl (C=O) groups is 2. The molecule has 104 valence electrons. The van der Waals surface area contributed by atoms with E-state index in [0.717, 1.165) is 0 Å². The van der Waals surface area contributed by atoms with E-state index in [1.165, 1.54) is 17.0 Å². The molecule has 1 fully saturated rings. The Bertz CT molecular complexity index is 485. The summed E-state index contributed by atoms with van der Waals surface area (Å²) in [6.07, 6.45) is 0. The number of carbonyl (C=O) groups excluding carboxylic acids is 1. The number of likely N-dealkylation sites (tertiary alicyclic amines) is 1. The number of amides is 1. The molecule has 19 heavy (non-hydrogen) atoms. The van der Waals surface area contributed by atoms with Crippen molar-refractivity contribution in [3.63, 3.8) is 0 Å². The minimum atomic E-state index is -2.49. The lowest BCUT2D eigenvalue weighted by Crippen LogP contribution is -2.52. The average Bonchev–Trinajstić information content (AvgIpc) is 2.72. The molecule has 0 spiro atoms. The first kappa shape index (κ1) is 13.9. The number of nitrogens with zero attached hydrogens (tertiary/aromatic N) is 1. The molecule has 0 aliphatic carbocycles. The fourth-order valence-corrected chi connectivity index (χ4v) is 2.12. The van der Waals surface area contributed by atoms with Crippen molar-refractivity contribution in [2.45, 2.75) is 11.5 Å². The van der Waals surface area contributed by atoms with Crippen molar-refractivity contribution in [2.24, 2.45) is 5.92 Å². The molecule has 1 saturated heterocycles. The van der Waals surface area contributed by atoms with E-state index in [0.29, 0.717) is 17.5 Å². The molecule has 0 unspecified atom stereocenters. The summed E-state index contributed by atoms with van der Waals surface area (Å²) in [5.74, 6) is -4.03. The zero-order valence-electron chi connectivity index (χ0n) is 9.71. The number of hydrogen-bond acceptors (Lipinski definition) is 4. The van der Waals surface area contributed by atoms with Crippen molar-refractivity contribution in [1.29, 1.82) is 0 Å². The fraction of sp³-hybridized carbons (Fsp3) is 0.455. The highest BCUT2D eigenvalue weighted by atomic mass is 32.2. The van der Waals surface area contributed by atoms with Crippen LogP contribution in [0.15, 0.2) is 16.5 Å².